The zero-order chi connectivity index (χ0) is 27.2. The standard InChI is InChI=1S/C30H27Cl2N3O3/c1-19-7-4-5-8-21(19)13-16-27(36)33-17-28(37)35(3)25-15-14-24(31)23(29(25)32)18-38-26-10-6-9-22-12-11-20(2)34-30(22)26/h4-16H,17-18H2,1-3H3,(H,33,36). The van der Waals surface area contributed by atoms with Gasteiger partial charge >= 0.3 is 0 Å². The van der Waals surface area contributed by atoms with Crippen LogP contribution >= 0.6 is 23.2 Å². The molecule has 0 aliphatic heterocycles. The van der Waals surface area contributed by atoms with E-state index in [2.05, 4.69) is 10.3 Å². The second kappa shape index (κ2) is 12.1. The predicted molar refractivity (Wildman–Crippen MR) is 154 cm³/mol. The number of anilines is 1. The largest absolute Gasteiger partial charge is 0.487 e. The van der Waals surface area contributed by atoms with Crippen LogP contribution in [0.25, 0.3) is 17.0 Å². The molecule has 0 unspecified atom stereocenters. The van der Waals surface area contributed by atoms with Crippen molar-refractivity contribution in [1.82, 2.24) is 10.3 Å². The number of benzene rings is 3. The fourth-order valence-corrected chi connectivity index (χ4v) is 4.48. The molecule has 1 N–H and O–H groups in total. The van der Waals surface area contributed by atoms with Crippen molar-refractivity contribution in [2.24, 2.45) is 0 Å². The van der Waals surface area contributed by atoms with Gasteiger partial charge in [-0.05, 0) is 55.3 Å². The van der Waals surface area contributed by atoms with Gasteiger partial charge in [0.2, 0.25) is 11.8 Å². The van der Waals surface area contributed by atoms with E-state index < -0.39 is 0 Å². The molecule has 0 bridgehead atoms. The van der Waals surface area contributed by atoms with E-state index >= 15 is 0 Å². The highest BCUT2D eigenvalue weighted by Gasteiger charge is 2.19. The third-order valence-corrected chi connectivity index (χ3v) is 6.89. The van der Waals surface area contributed by atoms with E-state index in [4.69, 9.17) is 27.9 Å². The number of aromatic nitrogens is 1. The molecule has 1 heterocycles. The van der Waals surface area contributed by atoms with Gasteiger partial charge < -0.3 is 15.0 Å². The SMILES string of the molecule is Cc1ccc2cccc(OCc3c(Cl)ccc(N(C)C(=O)CNC(=O)C=Cc4ccccc4C)c3Cl)c2n1. The van der Waals surface area contributed by atoms with Crippen LogP contribution in [0.5, 0.6) is 5.75 Å². The second-order valence-corrected chi connectivity index (χ2v) is 9.57. The Morgan fingerprint density at radius 3 is 2.58 bits per heavy atom. The molecule has 8 heteroatoms. The number of amides is 2. The number of carbonyl (C=O) groups excluding carboxylic acids is 2. The van der Waals surface area contributed by atoms with E-state index in [0.29, 0.717) is 27.0 Å². The summed E-state index contributed by atoms with van der Waals surface area (Å²) in [5.41, 5.74) is 4.61. The molecule has 3 aromatic carbocycles. The first-order valence-corrected chi connectivity index (χ1v) is 12.7. The molecule has 0 aliphatic carbocycles. The van der Waals surface area contributed by atoms with Crippen molar-refractivity contribution in [2.45, 2.75) is 20.5 Å². The normalized spacial score (nSPS) is 11.1. The number of hydrogen-bond donors (Lipinski definition) is 1. The molecule has 0 spiro atoms. The molecule has 0 saturated carbocycles. The van der Waals surface area contributed by atoms with Crippen LogP contribution in [0.1, 0.15) is 22.4 Å². The quantitative estimate of drug-likeness (QED) is 0.254. The number of pyridine rings is 1. The number of halogens is 2. The van der Waals surface area contributed by atoms with E-state index in [9.17, 15) is 9.59 Å². The van der Waals surface area contributed by atoms with E-state index in [0.717, 1.165) is 27.7 Å². The molecule has 4 rings (SSSR count). The summed E-state index contributed by atoms with van der Waals surface area (Å²) < 4.78 is 6.07. The molecular weight excluding hydrogens is 521 g/mol. The molecule has 1 aromatic heterocycles. The summed E-state index contributed by atoms with van der Waals surface area (Å²) in [6.45, 7) is 3.77. The van der Waals surface area contributed by atoms with E-state index in [-0.39, 0.29) is 25.0 Å². The number of nitrogens with zero attached hydrogens (tertiary/aromatic N) is 2. The van der Waals surface area contributed by atoms with Crippen molar-refractivity contribution in [2.75, 3.05) is 18.5 Å². The molecule has 4 aromatic rings. The summed E-state index contributed by atoms with van der Waals surface area (Å²) in [6, 6.07) is 20.7. The Labute approximate surface area is 231 Å². The Morgan fingerprint density at radius 1 is 1.00 bits per heavy atom. The van der Waals surface area contributed by atoms with Gasteiger partial charge in [-0.2, -0.15) is 0 Å². The van der Waals surface area contributed by atoms with Crippen LogP contribution in [0.4, 0.5) is 5.69 Å². The van der Waals surface area contributed by atoms with Crippen LogP contribution in [-0.4, -0.2) is 30.4 Å². The van der Waals surface area contributed by atoms with E-state index in [1.807, 2.05) is 68.4 Å². The van der Waals surface area contributed by atoms with Crippen LogP contribution in [-0.2, 0) is 16.2 Å². The van der Waals surface area contributed by atoms with Crippen molar-refractivity contribution in [3.63, 3.8) is 0 Å². The highest BCUT2D eigenvalue weighted by Crippen LogP contribution is 2.35. The number of aryl methyl sites for hydroxylation is 2. The van der Waals surface area contributed by atoms with E-state index in [1.54, 1.807) is 25.3 Å². The maximum atomic E-state index is 12.8. The lowest BCUT2D eigenvalue weighted by atomic mass is 10.1. The van der Waals surface area contributed by atoms with Gasteiger partial charge in [0, 0.05) is 34.8 Å². The minimum Gasteiger partial charge on any atom is -0.487 e. The zero-order valence-corrected chi connectivity index (χ0v) is 22.8. The summed E-state index contributed by atoms with van der Waals surface area (Å²) in [6.07, 6.45) is 3.12. The number of rotatable bonds is 8. The molecule has 0 aliphatic rings. The van der Waals surface area contributed by atoms with Gasteiger partial charge in [-0.3, -0.25) is 9.59 Å². The van der Waals surface area contributed by atoms with Crippen LogP contribution < -0.4 is 15.0 Å². The third-order valence-electron chi connectivity index (χ3n) is 6.11. The molecule has 194 valence electrons. The smallest absolute Gasteiger partial charge is 0.246 e. The van der Waals surface area contributed by atoms with Crippen molar-refractivity contribution < 1.29 is 14.3 Å². The fraction of sp³-hybridized carbons (Fsp3) is 0.167. The summed E-state index contributed by atoms with van der Waals surface area (Å²) >= 11 is 13.1. The maximum Gasteiger partial charge on any atom is 0.246 e. The summed E-state index contributed by atoms with van der Waals surface area (Å²) in [5.74, 6) is -0.104. The first-order chi connectivity index (χ1) is 18.2. The summed E-state index contributed by atoms with van der Waals surface area (Å²) in [4.78, 5) is 31.1. The molecule has 6 nitrogen and oxygen atoms in total. The van der Waals surface area contributed by atoms with Gasteiger partial charge in [-0.1, -0.05) is 65.7 Å². The number of fused-ring (bicyclic) bond motifs is 1. The van der Waals surface area contributed by atoms with Crippen molar-refractivity contribution >= 4 is 57.7 Å². The summed E-state index contributed by atoms with van der Waals surface area (Å²) in [7, 11) is 1.59. The van der Waals surface area contributed by atoms with Crippen LogP contribution in [0, 0.1) is 13.8 Å². The lowest BCUT2D eigenvalue weighted by molar-refractivity contribution is -0.122. The first-order valence-electron chi connectivity index (χ1n) is 12.0. The van der Waals surface area contributed by atoms with Gasteiger partial charge in [0.05, 0.1) is 17.3 Å². The Bertz CT molecular complexity index is 1530. The number of para-hydroxylation sites is 1. The topological polar surface area (TPSA) is 71.5 Å². The minimum absolute atomic E-state index is 0.0860. The molecule has 38 heavy (non-hydrogen) atoms. The van der Waals surface area contributed by atoms with Crippen LogP contribution in [0.2, 0.25) is 10.0 Å². The number of nitrogens with one attached hydrogen (secondary N) is 1. The van der Waals surface area contributed by atoms with Gasteiger partial charge in [0.25, 0.3) is 0 Å². The minimum atomic E-state index is -0.370. The molecule has 0 fully saturated rings. The predicted octanol–water partition coefficient (Wildman–Crippen LogP) is 6.53. The Morgan fingerprint density at radius 2 is 1.79 bits per heavy atom. The Hall–Kier alpha value is -3.87. The fourth-order valence-electron chi connectivity index (χ4n) is 3.87. The van der Waals surface area contributed by atoms with Crippen molar-refractivity contribution in [3.05, 3.63) is 105 Å². The second-order valence-electron chi connectivity index (χ2n) is 8.79. The first kappa shape index (κ1) is 27.2. The third kappa shape index (κ3) is 6.33. The van der Waals surface area contributed by atoms with Crippen LogP contribution in [0.3, 0.4) is 0 Å². The van der Waals surface area contributed by atoms with Gasteiger partial charge in [0.1, 0.15) is 17.9 Å². The molecular formula is C30H27Cl2N3O3. The average molecular weight is 548 g/mol. The monoisotopic (exact) mass is 547 g/mol. The van der Waals surface area contributed by atoms with Gasteiger partial charge in [0.15, 0.2) is 0 Å². The summed E-state index contributed by atoms with van der Waals surface area (Å²) in [5, 5.41) is 4.29. The van der Waals surface area contributed by atoms with Gasteiger partial charge in [-0.15, -0.1) is 0 Å². The highest BCUT2D eigenvalue weighted by atomic mass is 35.5. The highest BCUT2D eigenvalue weighted by molar-refractivity contribution is 6.38. The molecule has 0 atom stereocenters. The van der Waals surface area contributed by atoms with E-state index in [1.165, 1.54) is 11.0 Å². The maximum absolute atomic E-state index is 12.8. The lowest BCUT2D eigenvalue weighted by Crippen LogP contribution is -2.37. The number of ether oxygens (including phenoxy) is 1. The Kier molecular flexibility index (Phi) is 8.66. The van der Waals surface area contributed by atoms with Crippen molar-refractivity contribution in [3.8, 4) is 5.75 Å². The lowest BCUT2D eigenvalue weighted by Gasteiger charge is -2.21. The number of likely N-dealkylation sites (N-methyl/N-ethyl adjacent to an activating group) is 1. The molecule has 0 radical (unpaired) electrons. The number of hydrogen-bond acceptors (Lipinski definition) is 4. The molecule has 0 saturated heterocycles. The number of carbonyl (C=O) groups is 2. The average Bonchev–Trinajstić information content (AvgIpc) is 2.91. The van der Waals surface area contributed by atoms with Gasteiger partial charge in [-0.25, -0.2) is 4.98 Å². The van der Waals surface area contributed by atoms with Crippen molar-refractivity contribution in [1.29, 1.82) is 0 Å². The Balaban J connectivity index is 1.43. The molecule has 2 amide bonds. The zero-order valence-electron chi connectivity index (χ0n) is 21.3. The van der Waals surface area contributed by atoms with Crippen LogP contribution in [0.15, 0.2) is 72.8 Å².